The summed E-state index contributed by atoms with van der Waals surface area (Å²) in [6.07, 6.45) is 16.4. The van der Waals surface area contributed by atoms with E-state index in [-0.39, 0.29) is 6.10 Å². The normalized spacial score (nSPS) is 14.2. The van der Waals surface area contributed by atoms with Gasteiger partial charge in [0.1, 0.15) is 0 Å². The van der Waals surface area contributed by atoms with Gasteiger partial charge in [0.25, 0.3) is 0 Å². The molecule has 0 radical (unpaired) electrons. The maximum Gasteiger partial charge on any atom is 0.0742 e. The monoisotopic (exact) mass is 284 g/mol. The fourth-order valence-electron chi connectivity index (χ4n) is 2.54. The summed E-state index contributed by atoms with van der Waals surface area (Å²) >= 11 is 0. The summed E-state index contributed by atoms with van der Waals surface area (Å²) in [5.74, 6) is 0. The van der Waals surface area contributed by atoms with Gasteiger partial charge < -0.3 is 10.2 Å². The molecule has 0 saturated carbocycles. The van der Waals surface area contributed by atoms with E-state index in [1.807, 2.05) is 0 Å². The Hall–Kier alpha value is -0.340. The fourth-order valence-corrected chi connectivity index (χ4v) is 2.54. The van der Waals surface area contributed by atoms with Gasteiger partial charge in [-0.25, -0.2) is 0 Å². The highest BCUT2D eigenvalue weighted by molar-refractivity contribution is 4.80. The first-order valence-electron chi connectivity index (χ1n) is 8.69. The summed E-state index contributed by atoms with van der Waals surface area (Å²) in [7, 11) is 0. The van der Waals surface area contributed by atoms with E-state index in [0.29, 0.717) is 6.42 Å². The van der Waals surface area contributed by atoms with Crippen molar-refractivity contribution in [3.63, 3.8) is 0 Å². The van der Waals surface area contributed by atoms with Crippen LogP contribution in [0.1, 0.15) is 90.4 Å². The van der Waals surface area contributed by atoms with Crippen LogP contribution in [0.25, 0.3) is 0 Å². The average molecular weight is 284 g/mol. The summed E-state index contributed by atoms with van der Waals surface area (Å²) in [4.78, 5) is 0. The van der Waals surface area contributed by atoms with Crippen molar-refractivity contribution in [2.45, 2.75) is 103 Å². The van der Waals surface area contributed by atoms with Crippen molar-refractivity contribution in [1.82, 2.24) is 0 Å². The van der Waals surface area contributed by atoms with Gasteiger partial charge >= 0.3 is 0 Å². The molecule has 0 bridgehead atoms. The lowest BCUT2D eigenvalue weighted by molar-refractivity contribution is 0.0958. The lowest BCUT2D eigenvalue weighted by Gasteiger charge is -2.12. The third-order valence-electron chi connectivity index (χ3n) is 3.93. The van der Waals surface area contributed by atoms with E-state index in [0.717, 1.165) is 12.8 Å². The third-order valence-corrected chi connectivity index (χ3v) is 3.93. The largest absolute Gasteiger partial charge is 0.393 e. The minimum Gasteiger partial charge on any atom is -0.393 e. The van der Waals surface area contributed by atoms with Gasteiger partial charge in [0, 0.05) is 6.42 Å². The van der Waals surface area contributed by atoms with Crippen molar-refractivity contribution in [3.8, 4) is 0 Å². The van der Waals surface area contributed by atoms with Gasteiger partial charge in [-0.05, 0) is 6.42 Å². The molecule has 0 spiro atoms. The van der Waals surface area contributed by atoms with Gasteiger partial charge in [0.05, 0.1) is 12.2 Å². The van der Waals surface area contributed by atoms with E-state index in [9.17, 15) is 10.2 Å². The Morgan fingerprint density at radius 3 is 1.70 bits per heavy atom. The minimum absolute atomic E-state index is 0.374. The Morgan fingerprint density at radius 1 is 0.800 bits per heavy atom. The summed E-state index contributed by atoms with van der Waals surface area (Å²) in [5, 5.41) is 19.0. The highest BCUT2D eigenvalue weighted by atomic mass is 16.3. The Labute approximate surface area is 126 Å². The van der Waals surface area contributed by atoms with Gasteiger partial charge in [-0.2, -0.15) is 0 Å². The van der Waals surface area contributed by atoms with Gasteiger partial charge in [0.15, 0.2) is 0 Å². The van der Waals surface area contributed by atoms with Crippen molar-refractivity contribution in [3.05, 3.63) is 12.7 Å². The average Bonchev–Trinajstić information content (AvgIpc) is 2.44. The summed E-state index contributed by atoms with van der Waals surface area (Å²) < 4.78 is 0. The van der Waals surface area contributed by atoms with E-state index < -0.39 is 6.10 Å². The van der Waals surface area contributed by atoms with Crippen LogP contribution in [-0.2, 0) is 0 Å². The number of rotatable bonds is 15. The Kier molecular flexibility index (Phi) is 14.8. The zero-order valence-electron chi connectivity index (χ0n) is 13.5. The number of hydrogen-bond donors (Lipinski definition) is 2. The molecule has 2 N–H and O–H groups in total. The molecule has 2 nitrogen and oxygen atoms in total. The van der Waals surface area contributed by atoms with Gasteiger partial charge in [-0.1, -0.05) is 83.6 Å². The summed E-state index contributed by atoms with van der Waals surface area (Å²) in [6.45, 7) is 5.77. The van der Waals surface area contributed by atoms with Gasteiger partial charge in [0.2, 0.25) is 0 Å². The highest BCUT2D eigenvalue weighted by Crippen LogP contribution is 2.13. The van der Waals surface area contributed by atoms with Crippen LogP contribution >= 0.6 is 0 Å². The summed E-state index contributed by atoms with van der Waals surface area (Å²) in [6, 6.07) is 0. The molecule has 0 amide bonds. The molecule has 2 atom stereocenters. The SMILES string of the molecule is C=C[C@H](O)C[C@H](O)CCCCCCCCCCCCC. The lowest BCUT2D eigenvalue weighted by atomic mass is 10.0. The van der Waals surface area contributed by atoms with Crippen LogP contribution < -0.4 is 0 Å². The van der Waals surface area contributed by atoms with Crippen LogP contribution in [-0.4, -0.2) is 22.4 Å². The van der Waals surface area contributed by atoms with Crippen molar-refractivity contribution in [2.75, 3.05) is 0 Å². The molecule has 20 heavy (non-hydrogen) atoms. The molecular formula is C18H36O2. The number of hydrogen-bond acceptors (Lipinski definition) is 2. The topological polar surface area (TPSA) is 40.5 Å². The van der Waals surface area contributed by atoms with Crippen LogP contribution in [0, 0.1) is 0 Å². The van der Waals surface area contributed by atoms with Crippen LogP contribution in [0.2, 0.25) is 0 Å². The number of aliphatic hydroxyl groups is 2. The van der Waals surface area contributed by atoms with Gasteiger partial charge in [-0.3, -0.25) is 0 Å². The maximum atomic E-state index is 9.69. The first-order chi connectivity index (χ1) is 9.70. The zero-order valence-corrected chi connectivity index (χ0v) is 13.5. The third kappa shape index (κ3) is 14.1. The second-order valence-electron chi connectivity index (χ2n) is 6.02. The first-order valence-corrected chi connectivity index (χ1v) is 8.69. The van der Waals surface area contributed by atoms with E-state index in [2.05, 4.69) is 13.5 Å². The van der Waals surface area contributed by atoms with E-state index in [1.54, 1.807) is 0 Å². The Morgan fingerprint density at radius 2 is 1.25 bits per heavy atom. The van der Waals surface area contributed by atoms with E-state index in [4.69, 9.17) is 0 Å². The maximum absolute atomic E-state index is 9.69. The van der Waals surface area contributed by atoms with Crippen molar-refractivity contribution in [1.29, 1.82) is 0 Å². The molecule has 2 heteroatoms. The zero-order chi connectivity index (χ0) is 15.1. The molecule has 0 aromatic heterocycles. The van der Waals surface area contributed by atoms with Crippen LogP contribution in [0.3, 0.4) is 0 Å². The smallest absolute Gasteiger partial charge is 0.0742 e. The minimum atomic E-state index is -0.558. The second-order valence-corrected chi connectivity index (χ2v) is 6.02. The Balaban J connectivity index is 3.14. The van der Waals surface area contributed by atoms with Crippen molar-refractivity contribution in [2.24, 2.45) is 0 Å². The first kappa shape index (κ1) is 19.7. The molecule has 0 aromatic rings. The molecular weight excluding hydrogens is 248 g/mol. The van der Waals surface area contributed by atoms with Crippen molar-refractivity contribution < 1.29 is 10.2 Å². The lowest BCUT2D eigenvalue weighted by Crippen LogP contribution is -2.15. The number of unbranched alkanes of at least 4 members (excludes halogenated alkanes) is 10. The molecule has 0 fully saturated rings. The summed E-state index contributed by atoms with van der Waals surface area (Å²) in [5.41, 5.74) is 0. The van der Waals surface area contributed by atoms with E-state index >= 15 is 0 Å². The van der Waals surface area contributed by atoms with Gasteiger partial charge in [-0.15, -0.1) is 6.58 Å². The Bertz CT molecular complexity index is 204. The quantitative estimate of drug-likeness (QED) is 0.329. The predicted octanol–water partition coefficient (Wildman–Crippen LogP) is 4.99. The van der Waals surface area contributed by atoms with Crippen LogP contribution in [0.4, 0.5) is 0 Å². The molecule has 0 heterocycles. The molecule has 0 aromatic carbocycles. The predicted molar refractivity (Wildman–Crippen MR) is 87.9 cm³/mol. The second kappa shape index (κ2) is 15.1. The van der Waals surface area contributed by atoms with Crippen LogP contribution in [0.15, 0.2) is 12.7 Å². The molecule has 120 valence electrons. The molecule has 0 aliphatic heterocycles. The van der Waals surface area contributed by atoms with Crippen LogP contribution in [0.5, 0.6) is 0 Å². The molecule has 0 unspecified atom stereocenters. The molecule has 0 aliphatic rings. The van der Waals surface area contributed by atoms with Crippen molar-refractivity contribution >= 4 is 0 Å². The highest BCUT2D eigenvalue weighted by Gasteiger charge is 2.08. The fraction of sp³-hybridized carbons (Fsp3) is 0.889. The van der Waals surface area contributed by atoms with E-state index in [1.165, 1.54) is 70.3 Å². The number of aliphatic hydroxyl groups excluding tert-OH is 2. The molecule has 0 rings (SSSR count). The molecule has 0 saturated heterocycles. The molecule has 0 aliphatic carbocycles. The standard InChI is InChI=1S/C18H36O2/c1-3-5-6-7-8-9-10-11-12-13-14-15-18(20)16-17(19)4-2/h4,17-20H,2-3,5-16H2,1H3/t17-,18+/m0/s1.